The molecule has 1 aromatic carbocycles. The van der Waals surface area contributed by atoms with Gasteiger partial charge in [-0.1, -0.05) is 0 Å². The molecule has 1 aliphatic heterocycles. The average molecular weight is 290 g/mol. The Morgan fingerprint density at radius 3 is 2.84 bits per heavy atom. The molecule has 19 heavy (non-hydrogen) atoms. The van der Waals surface area contributed by atoms with Gasteiger partial charge in [0.1, 0.15) is 5.82 Å². The third-order valence-electron chi connectivity index (χ3n) is 3.39. The van der Waals surface area contributed by atoms with E-state index in [0.29, 0.717) is 24.7 Å². The normalized spacial score (nSPS) is 19.2. The molecule has 0 saturated carbocycles. The highest BCUT2D eigenvalue weighted by molar-refractivity contribution is 5.85. The predicted octanol–water partition coefficient (Wildman–Crippen LogP) is 2.08. The minimum Gasteiger partial charge on any atom is -0.329 e. The van der Waals surface area contributed by atoms with Gasteiger partial charge in [0.05, 0.1) is 11.0 Å². The van der Waals surface area contributed by atoms with Gasteiger partial charge in [0.25, 0.3) is 5.69 Å². The molecular weight excluding hydrogens is 273 g/mol. The molecule has 1 saturated heterocycles. The summed E-state index contributed by atoms with van der Waals surface area (Å²) >= 11 is 0. The fourth-order valence-electron chi connectivity index (χ4n) is 2.37. The molecule has 0 amide bonds. The van der Waals surface area contributed by atoms with E-state index in [1.54, 1.807) is 0 Å². The number of nitro benzene ring substituents is 1. The van der Waals surface area contributed by atoms with Gasteiger partial charge in [0.15, 0.2) is 0 Å². The standard InChI is InChI=1S/C12H16FN3O2.ClH/c13-12-6-10(16(17)18)4-3-9(12)8-15-5-1-2-11(15)7-14;/h3-4,6,11H,1-2,5,7-8,14H2;1H. The fraction of sp³-hybridized carbons (Fsp3) is 0.500. The van der Waals surface area contributed by atoms with E-state index < -0.39 is 10.7 Å². The van der Waals surface area contributed by atoms with E-state index in [0.717, 1.165) is 25.5 Å². The summed E-state index contributed by atoms with van der Waals surface area (Å²) in [7, 11) is 0. The van der Waals surface area contributed by atoms with Crippen LogP contribution in [0.3, 0.4) is 0 Å². The molecule has 0 bridgehead atoms. The largest absolute Gasteiger partial charge is 0.329 e. The quantitative estimate of drug-likeness (QED) is 0.680. The van der Waals surface area contributed by atoms with E-state index in [-0.39, 0.29) is 18.1 Å². The van der Waals surface area contributed by atoms with Crippen molar-refractivity contribution in [3.8, 4) is 0 Å². The van der Waals surface area contributed by atoms with Crippen molar-refractivity contribution in [2.45, 2.75) is 25.4 Å². The van der Waals surface area contributed by atoms with Crippen LogP contribution in [-0.4, -0.2) is 29.0 Å². The Balaban J connectivity index is 0.00000180. The zero-order valence-electron chi connectivity index (χ0n) is 10.4. The molecule has 1 unspecified atom stereocenters. The lowest BCUT2D eigenvalue weighted by Gasteiger charge is -2.23. The highest BCUT2D eigenvalue weighted by Crippen LogP contribution is 2.22. The van der Waals surface area contributed by atoms with Crippen molar-refractivity contribution in [2.24, 2.45) is 5.73 Å². The van der Waals surface area contributed by atoms with Crippen LogP contribution in [0.25, 0.3) is 0 Å². The summed E-state index contributed by atoms with van der Waals surface area (Å²) in [5, 5.41) is 10.5. The minimum atomic E-state index is -0.592. The molecule has 2 N–H and O–H groups in total. The first-order chi connectivity index (χ1) is 8.61. The molecule has 7 heteroatoms. The number of likely N-dealkylation sites (tertiary alicyclic amines) is 1. The minimum absolute atomic E-state index is 0. The van der Waals surface area contributed by atoms with Crippen LogP contribution < -0.4 is 5.73 Å². The molecule has 1 aromatic rings. The molecule has 0 aliphatic carbocycles. The number of benzene rings is 1. The summed E-state index contributed by atoms with van der Waals surface area (Å²) in [6, 6.07) is 4.09. The van der Waals surface area contributed by atoms with Crippen LogP contribution in [0.5, 0.6) is 0 Å². The second-order valence-electron chi connectivity index (χ2n) is 4.54. The number of halogens is 2. The Hall–Kier alpha value is -1.24. The Bertz CT molecular complexity index is 459. The van der Waals surface area contributed by atoms with Gasteiger partial charge in [-0.05, 0) is 25.5 Å². The molecule has 1 fully saturated rings. The Morgan fingerprint density at radius 2 is 2.26 bits per heavy atom. The number of nitrogens with zero attached hydrogens (tertiary/aromatic N) is 2. The number of hydrogen-bond acceptors (Lipinski definition) is 4. The summed E-state index contributed by atoms with van der Waals surface area (Å²) < 4.78 is 13.7. The number of rotatable bonds is 4. The monoisotopic (exact) mass is 289 g/mol. The van der Waals surface area contributed by atoms with Crippen LogP contribution in [0.15, 0.2) is 18.2 Å². The first-order valence-corrected chi connectivity index (χ1v) is 5.98. The Kier molecular flexibility index (Phi) is 5.65. The van der Waals surface area contributed by atoms with E-state index in [1.807, 2.05) is 0 Å². The van der Waals surface area contributed by atoms with E-state index in [9.17, 15) is 14.5 Å². The van der Waals surface area contributed by atoms with Crippen LogP contribution in [0, 0.1) is 15.9 Å². The molecule has 5 nitrogen and oxygen atoms in total. The average Bonchev–Trinajstić information content (AvgIpc) is 2.78. The number of nitrogens with two attached hydrogens (primary N) is 1. The van der Waals surface area contributed by atoms with Gasteiger partial charge in [-0.25, -0.2) is 4.39 Å². The van der Waals surface area contributed by atoms with Crippen molar-refractivity contribution < 1.29 is 9.31 Å². The van der Waals surface area contributed by atoms with Crippen LogP contribution in [0.2, 0.25) is 0 Å². The first-order valence-electron chi connectivity index (χ1n) is 5.98. The maximum atomic E-state index is 13.7. The zero-order valence-corrected chi connectivity index (χ0v) is 11.2. The molecule has 0 radical (unpaired) electrons. The zero-order chi connectivity index (χ0) is 13.1. The summed E-state index contributed by atoms with van der Waals surface area (Å²) in [6.07, 6.45) is 2.10. The fourth-order valence-corrected chi connectivity index (χ4v) is 2.37. The van der Waals surface area contributed by atoms with Crippen LogP contribution >= 0.6 is 12.4 Å². The Morgan fingerprint density at radius 1 is 1.53 bits per heavy atom. The molecular formula is C12H17ClFN3O2. The number of hydrogen-bond donors (Lipinski definition) is 1. The molecule has 106 valence electrons. The summed E-state index contributed by atoms with van der Waals surface area (Å²) in [4.78, 5) is 12.1. The van der Waals surface area contributed by atoms with E-state index >= 15 is 0 Å². The van der Waals surface area contributed by atoms with E-state index in [1.165, 1.54) is 12.1 Å². The first kappa shape index (κ1) is 15.8. The van der Waals surface area contributed by atoms with Crippen molar-refractivity contribution in [3.63, 3.8) is 0 Å². The van der Waals surface area contributed by atoms with Gasteiger partial charge in [-0.2, -0.15) is 0 Å². The molecule has 0 spiro atoms. The van der Waals surface area contributed by atoms with Gasteiger partial charge in [-0.3, -0.25) is 15.0 Å². The highest BCUT2D eigenvalue weighted by Gasteiger charge is 2.24. The van der Waals surface area contributed by atoms with Crippen molar-refractivity contribution in [1.82, 2.24) is 4.90 Å². The SMILES string of the molecule is Cl.NCC1CCCN1Cc1ccc([N+](=O)[O-])cc1F. The lowest BCUT2D eigenvalue weighted by molar-refractivity contribution is -0.385. The van der Waals surface area contributed by atoms with Crippen LogP contribution in [-0.2, 0) is 6.54 Å². The molecule has 1 heterocycles. The van der Waals surface area contributed by atoms with Gasteiger partial charge < -0.3 is 5.73 Å². The van der Waals surface area contributed by atoms with E-state index in [2.05, 4.69) is 4.90 Å². The van der Waals surface area contributed by atoms with E-state index in [4.69, 9.17) is 5.73 Å². The van der Waals surface area contributed by atoms with Crippen molar-refractivity contribution in [2.75, 3.05) is 13.1 Å². The lowest BCUT2D eigenvalue weighted by Crippen LogP contribution is -2.35. The maximum absolute atomic E-state index is 13.7. The second kappa shape index (κ2) is 6.79. The summed E-state index contributed by atoms with van der Waals surface area (Å²) in [5.74, 6) is -0.521. The number of nitro groups is 1. The van der Waals surface area contributed by atoms with Crippen molar-refractivity contribution in [3.05, 3.63) is 39.7 Å². The van der Waals surface area contributed by atoms with Gasteiger partial charge >= 0.3 is 0 Å². The third-order valence-corrected chi connectivity index (χ3v) is 3.39. The van der Waals surface area contributed by atoms with Gasteiger partial charge in [0.2, 0.25) is 0 Å². The molecule has 1 aliphatic rings. The van der Waals surface area contributed by atoms with Crippen LogP contribution in [0.1, 0.15) is 18.4 Å². The van der Waals surface area contributed by atoms with Crippen molar-refractivity contribution >= 4 is 18.1 Å². The Labute approximate surface area is 117 Å². The lowest BCUT2D eigenvalue weighted by atomic mass is 10.1. The molecule has 1 atom stereocenters. The second-order valence-corrected chi connectivity index (χ2v) is 4.54. The summed E-state index contributed by atoms with van der Waals surface area (Å²) in [5.41, 5.74) is 5.93. The maximum Gasteiger partial charge on any atom is 0.272 e. The predicted molar refractivity (Wildman–Crippen MR) is 72.8 cm³/mol. The summed E-state index contributed by atoms with van der Waals surface area (Å²) in [6.45, 7) is 1.93. The molecule has 0 aromatic heterocycles. The third kappa shape index (κ3) is 3.62. The smallest absolute Gasteiger partial charge is 0.272 e. The van der Waals surface area contributed by atoms with Gasteiger partial charge in [-0.15, -0.1) is 12.4 Å². The number of non-ortho nitro benzene ring substituents is 1. The van der Waals surface area contributed by atoms with Crippen molar-refractivity contribution in [1.29, 1.82) is 0 Å². The van der Waals surface area contributed by atoms with Gasteiger partial charge in [0, 0.05) is 30.8 Å². The molecule has 2 rings (SSSR count). The van der Waals surface area contributed by atoms with Crippen LogP contribution in [0.4, 0.5) is 10.1 Å². The topological polar surface area (TPSA) is 72.4 Å². The highest BCUT2D eigenvalue weighted by atomic mass is 35.5.